The van der Waals surface area contributed by atoms with Crippen LogP contribution in [0, 0.1) is 13.8 Å². The summed E-state index contributed by atoms with van der Waals surface area (Å²) in [5.41, 5.74) is 2.19. The molecule has 1 heterocycles. The number of benzene rings is 3. The van der Waals surface area contributed by atoms with Gasteiger partial charge in [-0.15, -0.1) is 0 Å². The van der Waals surface area contributed by atoms with Gasteiger partial charge in [-0.1, -0.05) is 0 Å². The molecule has 0 aliphatic heterocycles. The number of aromatic carboxylic acids is 1. The molecule has 0 radical (unpaired) electrons. The maximum Gasteiger partial charge on any atom is 0.344 e. The fourth-order valence-electron chi connectivity index (χ4n) is 3.52. The Hall–Kier alpha value is -4.13. The Bertz CT molecular complexity index is 1280. The number of carboxylic acid groups (broad SMARTS) is 1. The quantitative estimate of drug-likeness (QED) is 0.265. The Morgan fingerprint density at radius 3 is 1.80 bits per heavy atom. The van der Waals surface area contributed by atoms with E-state index >= 15 is 0 Å². The normalized spacial score (nSPS) is 11.0. The zero-order chi connectivity index (χ0) is 21.6. The third-order valence-electron chi connectivity index (χ3n) is 4.85. The van der Waals surface area contributed by atoms with E-state index in [1.807, 2.05) is 0 Å². The molecule has 0 aliphatic carbocycles. The van der Waals surface area contributed by atoms with Gasteiger partial charge in [0.2, 0.25) is 0 Å². The molecular formula is C23H17NO6. The minimum absolute atomic E-state index is 0.0453. The molecule has 0 bridgehead atoms. The third kappa shape index (κ3) is 3.26. The van der Waals surface area contributed by atoms with E-state index in [0.29, 0.717) is 32.9 Å². The third-order valence-corrected chi connectivity index (χ3v) is 4.85. The number of nitrogens with zero attached hydrogens (tertiary/aromatic N) is 1. The molecule has 30 heavy (non-hydrogen) atoms. The number of esters is 1. The first kappa shape index (κ1) is 19.2. The molecule has 0 atom stereocenters. The molecule has 7 heteroatoms. The SMILES string of the molecule is Cc1cc(C(=O)O)cc(C)c1OC(=O)c1c2cc(O)ccc2nc2ccc(O)cc12. The van der Waals surface area contributed by atoms with E-state index in [9.17, 15) is 24.9 Å². The van der Waals surface area contributed by atoms with Gasteiger partial charge in [0.25, 0.3) is 0 Å². The average molecular weight is 403 g/mol. The van der Waals surface area contributed by atoms with Crippen LogP contribution in [0.4, 0.5) is 0 Å². The van der Waals surface area contributed by atoms with Crippen molar-refractivity contribution in [2.45, 2.75) is 13.8 Å². The number of pyridine rings is 1. The van der Waals surface area contributed by atoms with Crippen LogP contribution in [0.5, 0.6) is 17.2 Å². The molecule has 0 saturated heterocycles. The van der Waals surface area contributed by atoms with Crippen molar-refractivity contribution in [3.63, 3.8) is 0 Å². The van der Waals surface area contributed by atoms with Crippen LogP contribution in [0.15, 0.2) is 48.5 Å². The van der Waals surface area contributed by atoms with Crippen LogP contribution < -0.4 is 4.74 Å². The number of carbonyl (C=O) groups is 2. The van der Waals surface area contributed by atoms with Crippen molar-refractivity contribution in [2.24, 2.45) is 0 Å². The molecule has 4 rings (SSSR count). The van der Waals surface area contributed by atoms with Gasteiger partial charge in [0.1, 0.15) is 17.2 Å². The summed E-state index contributed by atoms with van der Waals surface area (Å²) >= 11 is 0. The lowest BCUT2D eigenvalue weighted by Crippen LogP contribution is -2.13. The minimum Gasteiger partial charge on any atom is -0.508 e. The largest absolute Gasteiger partial charge is 0.508 e. The Kier molecular flexibility index (Phi) is 4.50. The lowest BCUT2D eigenvalue weighted by Gasteiger charge is -2.14. The highest BCUT2D eigenvalue weighted by Crippen LogP contribution is 2.33. The number of aromatic nitrogens is 1. The molecule has 0 saturated carbocycles. The highest BCUT2D eigenvalue weighted by atomic mass is 16.5. The molecule has 0 fully saturated rings. The zero-order valence-electron chi connectivity index (χ0n) is 16.1. The first-order valence-corrected chi connectivity index (χ1v) is 9.07. The van der Waals surface area contributed by atoms with E-state index < -0.39 is 11.9 Å². The minimum atomic E-state index is -1.07. The molecule has 0 aliphatic rings. The number of phenols is 2. The first-order chi connectivity index (χ1) is 14.2. The number of rotatable bonds is 3. The second-order valence-electron chi connectivity index (χ2n) is 7.02. The van der Waals surface area contributed by atoms with Crippen LogP contribution in [0.2, 0.25) is 0 Å². The predicted molar refractivity (Wildman–Crippen MR) is 110 cm³/mol. The van der Waals surface area contributed by atoms with Crippen molar-refractivity contribution < 1.29 is 29.6 Å². The topological polar surface area (TPSA) is 117 Å². The van der Waals surface area contributed by atoms with Gasteiger partial charge in [-0.05, 0) is 73.5 Å². The average Bonchev–Trinajstić information content (AvgIpc) is 2.68. The number of fused-ring (bicyclic) bond motifs is 2. The lowest BCUT2D eigenvalue weighted by molar-refractivity contribution is 0.0696. The first-order valence-electron chi connectivity index (χ1n) is 9.07. The summed E-state index contributed by atoms with van der Waals surface area (Å²) in [7, 11) is 0. The summed E-state index contributed by atoms with van der Waals surface area (Å²) in [6.45, 7) is 3.31. The molecule has 7 nitrogen and oxygen atoms in total. The summed E-state index contributed by atoms with van der Waals surface area (Å²) in [4.78, 5) is 29.0. The van der Waals surface area contributed by atoms with Gasteiger partial charge in [-0.2, -0.15) is 0 Å². The molecule has 0 amide bonds. The van der Waals surface area contributed by atoms with Gasteiger partial charge in [0, 0.05) is 10.8 Å². The number of carbonyl (C=O) groups excluding carboxylic acids is 1. The number of hydrogen-bond donors (Lipinski definition) is 3. The van der Waals surface area contributed by atoms with E-state index in [1.165, 1.54) is 36.4 Å². The summed E-state index contributed by atoms with van der Waals surface area (Å²) in [6, 6.07) is 11.8. The molecule has 3 N–H and O–H groups in total. The molecule has 0 spiro atoms. The van der Waals surface area contributed by atoms with Crippen molar-refractivity contribution in [3.8, 4) is 17.2 Å². The predicted octanol–water partition coefficient (Wildman–Crippen LogP) is 4.33. The lowest BCUT2D eigenvalue weighted by atomic mass is 10.0. The summed E-state index contributed by atoms with van der Waals surface area (Å²) in [5.74, 6) is -1.62. The zero-order valence-corrected chi connectivity index (χ0v) is 16.1. The van der Waals surface area contributed by atoms with E-state index in [0.717, 1.165) is 0 Å². The van der Waals surface area contributed by atoms with Crippen LogP contribution >= 0.6 is 0 Å². The monoisotopic (exact) mass is 403 g/mol. The van der Waals surface area contributed by atoms with Crippen molar-refractivity contribution in [3.05, 3.63) is 70.8 Å². The smallest absolute Gasteiger partial charge is 0.344 e. The Morgan fingerprint density at radius 1 is 0.833 bits per heavy atom. The number of ether oxygens (including phenoxy) is 1. The molecule has 1 aromatic heterocycles. The van der Waals surface area contributed by atoms with Crippen LogP contribution in [0.3, 0.4) is 0 Å². The van der Waals surface area contributed by atoms with Gasteiger partial charge in [0.05, 0.1) is 22.2 Å². The van der Waals surface area contributed by atoms with E-state index in [-0.39, 0.29) is 28.4 Å². The number of aryl methyl sites for hydroxylation is 2. The molecule has 4 aromatic rings. The van der Waals surface area contributed by atoms with Gasteiger partial charge in [0.15, 0.2) is 0 Å². The van der Waals surface area contributed by atoms with E-state index in [2.05, 4.69) is 4.98 Å². The van der Waals surface area contributed by atoms with E-state index in [1.54, 1.807) is 26.0 Å². The molecule has 150 valence electrons. The Labute approximate surface area is 170 Å². The number of carboxylic acids is 1. The molecule has 0 unspecified atom stereocenters. The maximum atomic E-state index is 13.3. The van der Waals surface area contributed by atoms with Gasteiger partial charge < -0.3 is 20.1 Å². The number of phenolic OH excluding ortho intramolecular Hbond substituents is 2. The summed E-state index contributed by atoms with van der Waals surface area (Å²) in [6.07, 6.45) is 0. The summed E-state index contributed by atoms with van der Waals surface area (Å²) < 4.78 is 5.67. The number of hydrogen-bond acceptors (Lipinski definition) is 6. The van der Waals surface area contributed by atoms with Crippen LogP contribution in [0.1, 0.15) is 31.8 Å². The van der Waals surface area contributed by atoms with Crippen LogP contribution in [-0.4, -0.2) is 32.2 Å². The molecule has 3 aromatic carbocycles. The highest BCUT2D eigenvalue weighted by molar-refractivity contribution is 6.15. The van der Waals surface area contributed by atoms with Crippen LogP contribution in [0.25, 0.3) is 21.8 Å². The fourth-order valence-corrected chi connectivity index (χ4v) is 3.52. The molecular weight excluding hydrogens is 386 g/mol. The second-order valence-corrected chi connectivity index (χ2v) is 7.02. The Morgan fingerprint density at radius 2 is 1.33 bits per heavy atom. The van der Waals surface area contributed by atoms with Crippen molar-refractivity contribution >= 4 is 33.7 Å². The van der Waals surface area contributed by atoms with Crippen molar-refractivity contribution in [1.29, 1.82) is 0 Å². The maximum absolute atomic E-state index is 13.3. The van der Waals surface area contributed by atoms with Crippen LogP contribution in [-0.2, 0) is 0 Å². The van der Waals surface area contributed by atoms with Gasteiger partial charge in [-0.25, -0.2) is 14.6 Å². The van der Waals surface area contributed by atoms with Crippen molar-refractivity contribution in [2.75, 3.05) is 0 Å². The number of aromatic hydroxyl groups is 2. The summed E-state index contributed by atoms with van der Waals surface area (Å²) in [5, 5.41) is 29.8. The van der Waals surface area contributed by atoms with Gasteiger partial charge in [-0.3, -0.25) is 0 Å². The second kappa shape index (κ2) is 7.04. The fraction of sp³-hybridized carbons (Fsp3) is 0.0870. The standard InChI is InChI=1S/C23H17NO6/c1-11-7-13(22(27)28)8-12(2)21(11)30-23(29)20-16-9-14(25)3-5-18(16)24-19-6-4-15(26)10-17(19)20/h3-10,25-26H,1-2H3,(H,27,28). The van der Waals surface area contributed by atoms with Crippen molar-refractivity contribution in [1.82, 2.24) is 4.98 Å². The highest BCUT2D eigenvalue weighted by Gasteiger charge is 2.21. The van der Waals surface area contributed by atoms with Gasteiger partial charge >= 0.3 is 11.9 Å². The Balaban J connectivity index is 1.92. The van der Waals surface area contributed by atoms with E-state index in [4.69, 9.17) is 4.74 Å².